The first-order valence-electron chi connectivity index (χ1n) is 10.3. The number of nitrogens with zero attached hydrogens (tertiary/aromatic N) is 1. The zero-order valence-electron chi connectivity index (χ0n) is 16.8. The molecular weight excluding hydrogens is 350 g/mol. The van der Waals surface area contributed by atoms with E-state index in [1.54, 1.807) is 6.07 Å². The van der Waals surface area contributed by atoms with Crippen LogP contribution in [0.1, 0.15) is 60.3 Å². The second kappa shape index (κ2) is 6.63. The van der Waals surface area contributed by atoms with Crippen molar-refractivity contribution in [1.82, 2.24) is 4.90 Å². The lowest BCUT2D eigenvalue weighted by Gasteiger charge is -2.21. The molecule has 1 aromatic carbocycles. The van der Waals surface area contributed by atoms with E-state index in [-0.39, 0.29) is 5.63 Å². The van der Waals surface area contributed by atoms with Gasteiger partial charge in [0.05, 0.1) is 6.54 Å². The molecule has 2 unspecified atom stereocenters. The van der Waals surface area contributed by atoms with E-state index in [9.17, 15) is 4.79 Å². The number of benzene rings is 1. The van der Waals surface area contributed by atoms with Crippen LogP contribution in [0.15, 0.2) is 44.0 Å². The second-order valence-corrected chi connectivity index (χ2v) is 8.78. The summed E-state index contributed by atoms with van der Waals surface area (Å²) in [5.41, 5.74) is 3.82. The van der Waals surface area contributed by atoms with Crippen molar-refractivity contribution in [2.24, 2.45) is 5.92 Å². The third-order valence-corrected chi connectivity index (χ3v) is 6.40. The van der Waals surface area contributed by atoms with Crippen LogP contribution in [0.3, 0.4) is 0 Å². The Bertz CT molecular complexity index is 1090. The summed E-state index contributed by atoms with van der Waals surface area (Å²) < 4.78 is 11.6. The van der Waals surface area contributed by atoms with E-state index in [0.29, 0.717) is 17.5 Å². The van der Waals surface area contributed by atoms with Gasteiger partial charge in [0.25, 0.3) is 0 Å². The van der Waals surface area contributed by atoms with E-state index in [1.807, 2.05) is 13.0 Å². The smallest absolute Gasteiger partial charge is 0.336 e. The van der Waals surface area contributed by atoms with Crippen molar-refractivity contribution in [3.8, 4) is 0 Å². The molecule has 2 saturated carbocycles. The highest BCUT2D eigenvalue weighted by Crippen LogP contribution is 2.47. The van der Waals surface area contributed by atoms with Gasteiger partial charge in [0.15, 0.2) is 0 Å². The maximum absolute atomic E-state index is 12.1. The van der Waals surface area contributed by atoms with Crippen LogP contribution in [0.25, 0.3) is 11.0 Å². The van der Waals surface area contributed by atoms with Crippen LogP contribution >= 0.6 is 0 Å². The monoisotopic (exact) mass is 377 g/mol. The molecule has 0 radical (unpaired) electrons. The molecule has 2 aliphatic carbocycles. The first kappa shape index (κ1) is 17.7. The van der Waals surface area contributed by atoms with Crippen LogP contribution in [0.2, 0.25) is 0 Å². The number of furan rings is 1. The zero-order valence-corrected chi connectivity index (χ0v) is 16.8. The standard InChI is InChI=1S/C24H27NO3/c1-14-8-21-17(11-24(26)28-23(21)10-15(14)2)12-25(18-4-5-18)13-19-6-7-22(27-19)20-9-16(20)3/h6-8,10-11,16,18,20H,4-5,9,12-13H2,1-3H3. The van der Waals surface area contributed by atoms with E-state index in [4.69, 9.17) is 8.83 Å². The summed E-state index contributed by atoms with van der Waals surface area (Å²) in [5, 5.41) is 1.04. The van der Waals surface area contributed by atoms with Gasteiger partial charge in [-0.25, -0.2) is 4.79 Å². The van der Waals surface area contributed by atoms with Gasteiger partial charge in [0.2, 0.25) is 0 Å². The molecule has 0 amide bonds. The van der Waals surface area contributed by atoms with Gasteiger partial charge in [-0.2, -0.15) is 0 Å². The predicted molar refractivity (Wildman–Crippen MR) is 109 cm³/mol. The lowest BCUT2D eigenvalue weighted by Crippen LogP contribution is -2.25. The van der Waals surface area contributed by atoms with E-state index >= 15 is 0 Å². The minimum atomic E-state index is -0.274. The Hall–Kier alpha value is -2.33. The molecule has 0 N–H and O–H groups in total. The van der Waals surface area contributed by atoms with Gasteiger partial charge in [-0.15, -0.1) is 0 Å². The van der Waals surface area contributed by atoms with Gasteiger partial charge < -0.3 is 8.83 Å². The van der Waals surface area contributed by atoms with Crippen molar-refractivity contribution in [2.45, 2.75) is 65.1 Å². The molecule has 2 aromatic heterocycles. The second-order valence-electron chi connectivity index (χ2n) is 8.78. The Morgan fingerprint density at radius 3 is 2.50 bits per heavy atom. The molecule has 5 rings (SSSR count). The number of hydrogen-bond acceptors (Lipinski definition) is 4. The third kappa shape index (κ3) is 3.42. The quantitative estimate of drug-likeness (QED) is 0.548. The summed E-state index contributed by atoms with van der Waals surface area (Å²) in [6.07, 6.45) is 3.67. The lowest BCUT2D eigenvalue weighted by molar-refractivity contribution is 0.223. The van der Waals surface area contributed by atoms with Crippen LogP contribution < -0.4 is 5.63 Å². The molecular formula is C24H27NO3. The summed E-state index contributed by atoms with van der Waals surface area (Å²) in [6, 6.07) is 10.6. The Kier molecular flexibility index (Phi) is 4.20. The van der Waals surface area contributed by atoms with Crippen molar-refractivity contribution in [3.05, 3.63) is 69.0 Å². The normalized spacial score (nSPS) is 21.6. The molecule has 4 heteroatoms. The minimum absolute atomic E-state index is 0.274. The molecule has 0 spiro atoms. The molecule has 4 nitrogen and oxygen atoms in total. The average Bonchev–Trinajstić information content (AvgIpc) is 3.56. The van der Waals surface area contributed by atoms with Crippen molar-refractivity contribution < 1.29 is 8.83 Å². The average molecular weight is 377 g/mol. The number of hydrogen-bond donors (Lipinski definition) is 0. The maximum atomic E-state index is 12.1. The molecule has 3 aromatic rings. The molecule has 2 aliphatic rings. The summed E-state index contributed by atoms with van der Waals surface area (Å²) in [4.78, 5) is 14.6. The molecule has 0 aliphatic heterocycles. The summed E-state index contributed by atoms with van der Waals surface area (Å²) in [5.74, 6) is 3.52. The van der Waals surface area contributed by atoms with Gasteiger partial charge in [0.1, 0.15) is 17.1 Å². The first-order valence-corrected chi connectivity index (χ1v) is 10.3. The highest BCUT2D eigenvalue weighted by atomic mass is 16.4. The van der Waals surface area contributed by atoms with E-state index in [2.05, 4.69) is 36.9 Å². The van der Waals surface area contributed by atoms with E-state index in [1.165, 1.54) is 24.8 Å². The molecule has 2 fully saturated rings. The van der Waals surface area contributed by atoms with E-state index in [0.717, 1.165) is 47.0 Å². The van der Waals surface area contributed by atoms with Crippen molar-refractivity contribution in [1.29, 1.82) is 0 Å². The highest BCUT2D eigenvalue weighted by Gasteiger charge is 2.37. The lowest BCUT2D eigenvalue weighted by atomic mass is 10.0. The molecule has 28 heavy (non-hydrogen) atoms. The maximum Gasteiger partial charge on any atom is 0.336 e. The number of rotatable bonds is 6. The molecule has 0 saturated heterocycles. The third-order valence-electron chi connectivity index (χ3n) is 6.40. The summed E-state index contributed by atoms with van der Waals surface area (Å²) in [7, 11) is 0. The highest BCUT2D eigenvalue weighted by molar-refractivity contribution is 5.81. The van der Waals surface area contributed by atoms with Gasteiger partial charge in [-0.3, -0.25) is 4.90 Å². The Morgan fingerprint density at radius 1 is 1.04 bits per heavy atom. The fourth-order valence-corrected chi connectivity index (χ4v) is 4.18. The fourth-order valence-electron chi connectivity index (χ4n) is 4.18. The summed E-state index contributed by atoms with van der Waals surface area (Å²) in [6.45, 7) is 7.96. The van der Waals surface area contributed by atoms with Crippen molar-refractivity contribution >= 4 is 11.0 Å². The van der Waals surface area contributed by atoms with Crippen LogP contribution in [-0.4, -0.2) is 10.9 Å². The van der Waals surface area contributed by atoms with Crippen LogP contribution in [0.4, 0.5) is 0 Å². The van der Waals surface area contributed by atoms with Gasteiger partial charge in [-0.1, -0.05) is 6.92 Å². The predicted octanol–water partition coefficient (Wildman–Crippen LogP) is 5.29. The Morgan fingerprint density at radius 2 is 1.79 bits per heavy atom. The van der Waals surface area contributed by atoms with Gasteiger partial charge in [0, 0.05) is 30.0 Å². The first-order chi connectivity index (χ1) is 13.5. The number of fused-ring (bicyclic) bond motifs is 1. The van der Waals surface area contributed by atoms with Gasteiger partial charge in [-0.05, 0) is 80.0 Å². The summed E-state index contributed by atoms with van der Waals surface area (Å²) >= 11 is 0. The van der Waals surface area contributed by atoms with Crippen LogP contribution in [-0.2, 0) is 13.1 Å². The fraction of sp³-hybridized carbons (Fsp3) is 0.458. The van der Waals surface area contributed by atoms with Crippen LogP contribution in [0.5, 0.6) is 0 Å². The van der Waals surface area contributed by atoms with E-state index < -0.39 is 0 Å². The zero-order chi connectivity index (χ0) is 19.4. The molecule has 0 bridgehead atoms. The SMILES string of the molecule is Cc1cc2oc(=O)cc(CN(Cc3ccc(C4CC4C)o3)C3CC3)c2cc1C. The Balaban J connectivity index is 1.43. The Labute approximate surface area is 165 Å². The largest absolute Gasteiger partial charge is 0.464 e. The molecule has 2 atom stereocenters. The van der Waals surface area contributed by atoms with Gasteiger partial charge >= 0.3 is 5.63 Å². The molecule has 2 heterocycles. The topological polar surface area (TPSA) is 46.6 Å². The molecule has 146 valence electrons. The minimum Gasteiger partial charge on any atom is -0.464 e. The van der Waals surface area contributed by atoms with Crippen molar-refractivity contribution in [2.75, 3.05) is 0 Å². The van der Waals surface area contributed by atoms with Crippen molar-refractivity contribution in [3.63, 3.8) is 0 Å². The van der Waals surface area contributed by atoms with Crippen LogP contribution in [0, 0.1) is 19.8 Å². The number of aryl methyl sites for hydroxylation is 2.